The molecule has 0 unspecified atom stereocenters. The highest BCUT2D eigenvalue weighted by atomic mass is 15.0. The molecule has 2 aromatic rings. The molecule has 1 aromatic carbocycles. The fraction of sp³-hybridized carbons (Fsp3) is 0.471. The number of hydrogen-bond acceptors (Lipinski definition) is 2. The molecule has 0 atom stereocenters. The van der Waals surface area contributed by atoms with E-state index in [9.17, 15) is 0 Å². The van der Waals surface area contributed by atoms with Crippen molar-refractivity contribution in [3.8, 4) is 0 Å². The molecular weight excluding hydrogens is 246 g/mol. The molecule has 0 aliphatic heterocycles. The number of nitrogens with one attached hydrogen (secondary N) is 1. The highest BCUT2D eigenvalue weighted by Crippen LogP contribution is 2.22. The van der Waals surface area contributed by atoms with Crippen LogP contribution in [0.3, 0.4) is 0 Å². The largest absolute Gasteiger partial charge is 0.333 e. The van der Waals surface area contributed by atoms with Gasteiger partial charge in [-0.05, 0) is 23.1 Å². The van der Waals surface area contributed by atoms with Gasteiger partial charge in [-0.25, -0.2) is 4.98 Å². The third-order valence-corrected chi connectivity index (χ3v) is 3.43. The van der Waals surface area contributed by atoms with Crippen LogP contribution in [0.25, 0.3) is 0 Å². The van der Waals surface area contributed by atoms with Crippen LogP contribution in [-0.4, -0.2) is 16.1 Å². The topological polar surface area (TPSA) is 29.9 Å². The first-order valence-electron chi connectivity index (χ1n) is 7.30. The molecule has 2 rings (SSSR count). The van der Waals surface area contributed by atoms with Crippen molar-refractivity contribution in [3.63, 3.8) is 0 Å². The van der Waals surface area contributed by atoms with E-state index in [0.717, 1.165) is 25.3 Å². The van der Waals surface area contributed by atoms with Crippen LogP contribution in [0.5, 0.6) is 0 Å². The monoisotopic (exact) mass is 271 g/mol. The lowest BCUT2D eigenvalue weighted by molar-refractivity contribution is 0.589. The molecule has 3 nitrogen and oxygen atoms in total. The Kier molecular flexibility index (Phi) is 4.61. The van der Waals surface area contributed by atoms with Crippen LogP contribution in [-0.2, 0) is 18.5 Å². The summed E-state index contributed by atoms with van der Waals surface area (Å²) in [4.78, 5) is 4.41. The lowest BCUT2D eigenvalue weighted by atomic mass is 9.87. The van der Waals surface area contributed by atoms with E-state index in [1.807, 2.05) is 6.33 Å². The molecule has 0 fully saturated rings. The van der Waals surface area contributed by atoms with Gasteiger partial charge < -0.3 is 9.88 Å². The molecule has 0 amide bonds. The predicted molar refractivity (Wildman–Crippen MR) is 83.9 cm³/mol. The van der Waals surface area contributed by atoms with Crippen LogP contribution in [0.4, 0.5) is 0 Å². The van der Waals surface area contributed by atoms with E-state index in [0.29, 0.717) is 0 Å². The Morgan fingerprint density at radius 1 is 1.15 bits per heavy atom. The van der Waals surface area contributed by atoms with Crippen LogP contribution >= 0.6 is 0 Å². The van der Waals surface area contributed by atoms with Crippen molar-refractivity contribution in [2.75, 3.05) is 6.54 Å². The Bertz CT molecular complexity index is 532. The summed E-state index contributed by atoms with van der Waals surface area (Å²) in [6.45, 7) is 11.5. The maximum atomic E-state index is 4.41. The molecule has 0 aliphatic rings. The second-order valence-corrected chi connectivity index (χ2v) is 6.26. The third kappa shape index (κ3) is 3.94. The van der Waals surface area contributed by atoms with E-state index < -0.39 is 0 Å². The van der Waals surface area contributed by atoms with Gasteiger partial charge >= 0.3 is 0 Å². The Balaban J connectivity index is 2.01. The van der Waals surface area contributed by atoms with Gasteiger partial charge in [0.1, 0.15) is 0 Å². The Morgan fingerprint density at radius 3 is 2.45 bits per heavy atom. The highest BCUT2D eigenvalue weighted by molar-refractivity contribution is 5.27. The molecular formula is C17H25N3. The van der Waals surface area contributed by atoms with Gasteiger partial charge in [0.25, 0.3) is 0 Å². The molecule has 0 saturated carbocycles. The summed E-state index contributed by atoms with van der Waals surface area (Å²) in [6.07, 6.45) is 4.02. The van der Waals surface area contributed by atoms with E-state index >= 15 is 0 Å². The van der Waals surface area contributed by atoms with Crippen molar-refractivity contribution in [1.29, 1.82) is 0 Å². The molecule has 3 heteroatoms. The summed E-state index contributed by atoms with van der Waals surface area (Å²) >= 11 is 0. The van der Waals surface area contributed by atoms with Crippen LogP contribution < -0.4 is 5.32 Å². The van der Waals surface area contributed by atoms with Crippen molar-refractivity contribution in [1.82, 2.24) is 14.9 Å². The van der Waals surface area contributed by atoms with Crippen LogP contribution in [0.2, 0.25) is 0 Å². The minimum atomic E-state index is 0.215. The minimum Gasteiger partial charge on any atom is -0.333 e. The average molecular weight is 271 g/mol. The summed E-state index contributed by atoms with van der Waals surface area (Å²) in [7, 11) is 0. The van der Waals surface area contributed by atoms with Crippen LogP contribution in [0.1, 0.15) is 44.5 Å². The molecule has 0 bridgehead atoms. The molecule has 0 aliphatic carbocycles. The molecule has 1 heterocycles. The summed E-state index contributed by atoms with van der Waals surface area (Å²) in [5.74, 6) is 0. The SMILES string of the molecule is CCNCc1cn(Cc2ccc(C(C)(C)C)cc2)cn1. The maximum absolute atomic E-state index is 4.41. The van der Waals surface area contributed by atoms with Gasteiger partial charge in [0, 0.05) is 19.3 Å². The van der Waals surface area contributed by atoms with E-state index in [1.54, 1.807) is 0 Å². The second-order valence-electron chi connectivity index (χ2n) is 6.26. The van der Waals surface area contributed by atoms with Crippen LogP contribution in [0.15, 0.2) is 36.8 Å². The Hall–Kier alpha value is -1.61. The van der Waals surface area contributed by atoms with Gasteiger partial charge in [-0.2, -0.15) is 0 Å². The quantitative estimate of drug-likeness (QED) is 0.904. The molecule has 20 heavy (non-hydrogen) atoms. The zero-order chi connectivity index (χ0) is 14.6. The van der Waals surface area contributed by atoms with Crippen molar-refractivity contribution in [2.24, 2.45) is 0 Å². The molecule has 1 aromatic heterocycles. The summed E-state index contributed by atoms with van der Waals surface area (Å²) < 4.78 is 2.14. The normalized spacial score (nSPS) is 11.8. The minimum absolute atomic E-state index is 0.215. The Labute approximate surface area is 122 Å². The van der Waals surface area contributed by atoms with E-state index in [2.05, 4.69) is 73.0 Å². The standard InChI is InChI=1S/C17H25N3/c1-5-18-10-16-12-20(13-19-16)11-14-6-8-15(9-7-14)17(2,3)4/h6-9,12-13,18H,5,10-11H2,1-4H3. The van der Waals surface area contributed by atoms with Crippen molar-refractivity contribution in [2.45, 2.75) is 46.2 Å². The number of nitrogens with zero attached hydrogens (tertiary/aromatic N) is 2. The maximum Gasteiger partial charge on any atom is 0.0953 e. The number of rotatable bonds is 5. The summed E-state index contributed by atoms with van der Waals surface area (Å²) in [6, 6.07) is 8.88. The Morgan fingerprint density at radius 2 is 1.85 bits per heavy atom. The fourth-order valence-corrected chi connectivity index (χ4v) is 2.16. The highest BCUT2D eigenvalue weighted by Gasteiger charge is 2.12. The van der Waals surface area contributed by atoms with Crippen molar-refractivity contribution in [3.05, 3.63) is 53.6 Å². The van der Waals surface area contributed by atoms with Gasteiger partial charge in [-0.1, -0.05) is 52.0 Å². The zero-order valence-electron chi connectivity index (χ0n) is 13.0. The number of imidazole rings is 1. The lowest BCUT2D eigenvalue weighted by Crippen LogP contribution is -2.11. The van der Waals surface area contributed by atoms with E-state index in [1.165, 1.54) is 11.1 Å². The van der Waals surface area contributed by atoms with Gasteiger partial charge in [0.05, 0.1) is 12.0 Å². The number of hydrogen-bond donors (Lipinski definition) is 1. The zero-order valence-corrected chi connectivity index (χ0v) is 13.0. The van der Waals surface area contributed by atoms with E-state index in [-0.39, 0.29) is 5.41 Å². The average Bonchev–Trinajstić information content (AvgIpc) is 2.83. The molecule has 0 saturated heterocycles. The lowest BCUT2D eigenvalue weighted by Gasteiger charge is -2.19. The fourth-order valence-electron chi connectivity index (χ4n) is 2.16. The smallest absolute Gasteiger partial charge is 0.0953 e. The summed E-state index contributed by atoms with van der Waals surface area (Å²) in [5.41, 5.74) is 4.00. The van der Waals surface area contributed by atoms with Crippen LogP contribution in [0, 0.1) is 0 Å². The molecule has 0 spiro atoms. The first kappa shape index (κ1) is 14.8. The third-order valence-electron chi connectivity index (χ3n) is 3.43. The first-order valence-corrected chi connectivity index (χ1v) is 7.30. The van der Waals surface area contributed by atoms with Gasteiger partial charge in [0.15, 0.2) is 0 Å². The van der Waals surface area contributed by atoms with Crippen molar-refractivity contribution < 1.29 is 0 Å². The second kappa shape index (κ2) is 6.23. The molecule has 0 radical (unpaired) electrons. The predicted octanol–water partition coefficient (Wildman–Crippen LogP) is 3.34. The first-order chi connectivity index (χ1) is 9.49. The molecule has 1 N–H and O–H groups in total. The van der Waals surface area contributed by atoms with Crippen molar-refractivity contribution >= 4 is 0 Å². The van der Waals surface area contributed by atoms with Gasteiger partial charge in [-0.15, -0.1) is 0 Å². The number of benzene rings is 1. The van der Waals surface area contributed by atoms with Gasteiger partial charge in [0.2, 0.25) is 0 Å². The number of aromatic nitrogens is 2. The van der Waals surface area contributed by atoms with Gasteiger partial charge in [-0.3, -0.25) is 0 Å². The van der Waals surface area contributed by atoms with E-state index in [4.69, 9.17) is 0 Å². The summed E-state index contributed by atoms with van der Waals surface area (Å²) in [5, 5.41) is 3.29. The molecule has 108 valence electrons.